The lowest BCUT2D eigenvalue weighted by molar-refractivity contribution is -0.146. The van der Waals surface area contributed by atoms with E-state index in [9.17, 15) is 9.59 Å². The number of ether oxygens (including phenoxy) is 1. The monoisotopic (exact) mass is 325 g/mol. The molecule has 124 valence electrons. The van der Waals surface area contributed by atoms with Crippen LogP contribution in [0.15, 0.2) is 35.4 Å². The molecule has 2 aromatic rings. The number of rotatable bonds is 1. The molecule has 0 spiro atoms. The molecule has 0 saturated carbocycles. The van der Waals surface area contributed by atoms with Gasteiger partial charge in [0.2, 0.25) is 0 Å². The van der Waals surface area contributed by atoms with Crippen molar-refractivity contribution in [1.29, 1.82) is 0 Å². The molecule has 24 heavy (non-hydrogen) atoms. The summed E-state index contributed by atoms with van der Waals surface area (Å²) in [6, 6.07) is 7.94. The minimum absolute atomic E-state index is 0.0219. The summed E-state index contributed by atoms with van der Waals surface area (Å²) in [5.41, 5.74) is 3.52. The molecule has 0 bridgehead atoms. The second kappa shape index (κ2) is 5.87. The number of amides is 1. The Kier molecular flexibility index (Phi) is 3.69. The quantitative estimate of drug-likeness (QED) is 0.784. The van der Waals surface area contributed by atoms with Crippen molar-refractivity contribution < 1.29 is 9.53 Å². The third-order valence-corrected chi connectivity index (χ3v) is 4.82. The normalized spacial score (nSPS) is 19.5. The average molecular weight is 325 g/mol. The first-order valence-corrected chi connectivity index (χ1v) is 8.16. The number of aromatic nitrogens is 2. The average Bonchev–Trinajstić information content (AvgIpc) is 2.63. The topological polar surface area (TPSA) is 64.4 Å². The van der Waals surface area contributed by atoms with Gasteiger partial charge in [-0.15, -0.1) is 0 Å². The van der Waals surface area contributed by atoms with Crippen LogP contribution in [0.25, 0.3) is 0 Å². The van der Waals surface area contributed by atoms with Crippen LogP contribution in [-0.4, -0.2) is 33.5 Å². The highest BCUT2D eigenvalue weighted by atomic mass is 16.5. The highest BCUT2D eigenvalue weighted by molar-refractivity contribution is 5.83. The fraction of sp³-hybridized carbons (Fsp3) is 0.389. The molecule has 1 amide bonds. The maximum Gasteiger partial charge on any atom is 0.256 e. The zero-order chi connectivity index (χ0) is 16.7. The van der Waals surface area contributed by atoms with Crippen LogP contribution in [0.4, 0.5) is 0 Å². The summed E-state index contributed by atoms with van der Waals surface area (Å²) in [6.07, 6.45) is 2.33. The van der Waals surface area contributed by atoms with Crippen molar-refractivity contribution in [2.24, 2.45) is 7.05 Å². The van der Waals surface area contributed by atoms with Crippen LogP contribution in [0.5, 0.6) is 0 Å². The second-order valence-electron chi connectivity index (χ2n) is 6.30. The Morgan fingerprint density at radius 2 is 2.12 bits per heavy atom. The van der Waals surface area contributed by atoms with E-state index >= 15 is 0 Å². The number of aryl methyl sites for hydroxylation is 1. The number of carbonyl (C=O) groups is 1. The number of nitrogens with zero attached hydrogens (tertiary/aromatic N) is 3. The Bertz CT molecular complexity index is 859. The fourth-order valence-corrected chi connectivity index (χ4v) is 3.47. The van der Waals surface area contributed by atoms with E-state index < -0.39 is 6.10 Å². The highest BCUT2D eigenvalue weighted by Gasteiger charge is 2.33. The van der Waals surface area contributed by atoms with E-state index in [1.165, 1.54) is 16.5 Å². The Labute approximate surface area is 139 Å². The second-order valence-corrected chi connectivity index (χ2v) is 6.30. The third kappa shape index (κ3) is 2.43. The number of benzene rings is 1. The molecule has 0 saturated heterocycles. The van der Waals surface area contributed by atoms with Crippen LogP contribution >= 0.6 is 0 Å². The number of hydrogen-bond donors (Lipinski definition) is 0. The zero-order valence-corrected chi connectivity index (χ0v) is 13.6. The van der Waals surface area contributed by atoms with E-state index in [2.05, 4.69) is 11.1 Å². The molecule has 1 aromatic heterocycles. The van der Waals surface area contributed by atoms with Gasteiger partial charge < -0.3 is 14.2 Å². The third-order valence-electron chi connectivity index (χ3n) is 4.82. The summed E-state index contributed by atoms with van der Waals surface area (Å²) in [4.78, 5) is 31.2. The Morgan fingerprint density at radius 1 is 1.29 bits per heavy atom. The number of hydrogen-bond acceptors (Lipinski definition) is 4. The SMILES string of the molecule is Cn1cnc2c(c1=O)CCN(C(=O)C1OCCc3ccccc31)C2. The van der Waals surface area contributed by atoms with Gasteiger partial charge in [0.15, 0.2) is 6.10 Å². The summed E-state index contributed by atoms with van der Waals surface area (Å²) in [5.74, 6) is -0.0460. The van der Waals surface area contributed by atoms with Crippen LogP contribution in [0, 0.1) is 0 Å². The van der Waals surface area contributed by atoms with Gasteiger partial charge in [-0.2, -0.15) is 0 Å². The first-order chi connectivity index (χ1) is 11.6. The van der Waals surface area contributed by atoms with E-state index in [1.807, 2.05) is 18.2 Å². The molecule has 0 aliphatic carbocycles. The van der Waals surface area contributed by atoms with E-state index in [0.717, 1.165) is 12.0 Å². The van der Waals surface area contributed by atoms with Gasteiger partial charge in [-0.05, 0) is 24.0 Å². The molecular formula is C18H19N3O3. The lowest BCUT2D eigenvalue weighted by Gasteiger charge is -2.33. The maximum atomic E-state index is 13.0. The molecular weight excluding hydrogens is 306 g/mol. The molecule has 6 heteroatoms. The smallest absolute Gasteiger partial charge is 0.256 e. The summed E-state index contributed by atoms with van der Waals surface area (Å²) in [6.45, 7) is 1.44. The van der Waals surface area contributed by atoms with E-state index in [-0.39, 0.29) is 11.5 Å². The maximum absolute atomic E-state index is 13.0. The largest absolute Gasteiger partial charge is 0.363 e. The van der Waals surface area contributed by atoms with Crippen molar-refractivity contribution in [3.05, 3.63) is 63.3 Å². The van der Waals surface area contributed by atoms with Gasteiger partial charge in [0, 0.05) is 19.2 Å². The predicted molar refractivity (Wildman–Crippen MR) is 87.4 cm³/mol. The lowest BCUT2D eigenvalue weighted by Crippen LogP contribution is -2.43. The van der Waals surface area contributed by atoms with Crippen molar-refractivity contribution in [3.63, 3.8) is 0 Å². The van der Waals surface area contributed by atoms with Crippen molar-refractivity contribution >= 4 is 5.91 Å². The number of fused-ring (bicyclic) bond motifs is 2. The summed E-state index contributed by atoms with van der Waals surface area (Å²) in [7, 11) is 1.69. The number of carbonyl (C=O) groups excluding carboxylic acids is 1. The summed E-state index contributed by atoms with van der Waals surface area (Å²) in [5, 5.41) is 0. The van der Waals surface area contributed by atoms with Crippen LogP contribution in [0.1, 0.15) is 28.5 Å². The van der Waals surface area contributed by atoms with Gasteiger partial charge in [0.05, 0.1) is 25.2 Å². The molecule has 4 rings (SSSR count). The van der Waals surface area contributed by atoms with Crippen LogP contribution in [-0.2, 0) is 36.0 Å². The van der Waals surface area contributed by atoms with Gasteiger partial charge in [0.25, 0.3) is 11.5 Å². The molecule has 2 aliphatic heterocycles. The van der Waals surface area contributed by atoms with Gasteiger partial charge in [-0.25, -0.2) is 4.98 Å². The summed E-state index contributed by atoms with van der Waals surface area (Å²) < 4.78 is 7.26. The van der Waals surface area contributed by atoms with E-state index in [4.69, 9.17) is 4.74 Å². The molecule has 0 fully saturated rings. The molecule has 1 unspecified atom stereocenters. The highest BCUT2D eigenvalue weighted by Crippen LogP contribution is 2.29. The van der Waals surface area contributed by atoms with Gasteiger partial charge >= 0.3 is 0 Å². The minimum Gasteiger partial charge on any atom is -0.363 e. The van der Waals surface area contributed by atoms with Crippen molar-refractivity contribution in [1.82, 2.24) is 14.5 Å². The predicted octanol–water partition coefficient (Wildman–Crippen LogP) is 0.979. The Hall–Kier alpha value is -2.47. The van der Waals surface area contributed by atoms with Crippen LogP contribution < -0.4 is 5.56 Å². The van der Waals surface area contributed by atoms with E-state index in [0.29, 0.717) is 37.4 Å². The van der Waals surface area contributed by atoms with Gasteiger partial charge in [-0.3, -0.25) is 9.59 Å². The standard InChI is InChI=1S/C18H19N3O3/c1-20-11-19-15-10-21(8-6-14(15)17(20)22)18(23)16-13-5-3-2-4-12(13)7-9-24-16/h2-5,11,16H,6-10H2,1H3. The van der Waals surface area contributed by atoms with Crippen molar-refractivity contribution in [3.8, 4) is 0 Å². The Balaban J connectivity index is 1.61. The molecule has 6 nitrogen and oxygen atoms in total. The molecule has 0 N–H and O–H groups in total. The van der Waals surface area contributed by atoms with Crippen molar-refractivity contribution in [2.75, 3.05) is 13.2 Å². The minimum atomic E-state index is -0.553. The molecule has 1 aromatic carbocycles. The molecule has 0 radical (unpaired) electrons. The zero-order valence-electron chi connectivity index (χ0n) is 13.6. The first kappa shape index (κ1) is 15.1. The molecule has 3 heterocycles. The molecule has 1 atom stereocenters. The summed E-state index contributed by atoms with van der Waals surface area (Å²) >= 11 is 0. The van der Waals surface area contributed by atoms with Crippen LogP contribution in [0.2, 0.25) is 0 Å². The first-order valence-electron chi connectivity index (χ1n) is 8.16. The van der Waals surface area contributed by atoms with E-state index in [1.54, 1.807) is 11.9 Å². The Morgan fingerprint density at radius 3 is 3.00 bits per heavy atom. The van der Waals surface area contributed by atoms with Crippen molar-refractivity contribution in [2.45, 2.75) is 25.5 Å². The van der Waals surface area contributed by atoms with Crippen LogP contribution in [0.3, 0.4) is 0 Å². The lowest BCUT2D eigenvalue weighted by atomic mass is 9.96. The van der Waals surface area contributed by atoms with Gasteiger partial charge in [0.1, 0.15) is 0 Å². The fourth-order valence-electron chi connectivity index (χ4n) is 3.47. The van der Waals surface area contributed by atoms with Gasteiger partial charge in [-0.1, -0.05) is 24.3 Å². The molecule has 2 aliphatic rings.